The van der Waals surface area contributed by atoms with Crippen molar-refractivity contribution in [2.45, 2.75) is 44.6 Å². The van der Waals surface area contributed by atoms with Crippen LogP contribution in [0.4, 0.5) is 0 Å². The minimum Gasteiger partial charge on any atom is -0.216 e. The maximum absolute atomic E-state index is 11.3. The van der Waals surface area contributed by atoms with Crippen molar-refractivity contribution >= 4 is 29.5 Å². The van der Waals surface area contributed by atoms with Crippen LogP contribution in [0.3, 0.4) is 0 Å². The van der Waals surface area contributed by atoms with Crippen LogP contribution >= 0.6 is 20.6 Å². The first-order valence-electron chi connectivity index (χ1n) is 3.76. The Kier molecular flexibility index (Phi) is 4.47. The molecule has 0 spiro atoms. The highest BCUT2D eigenvalue weighted by molar-refractivity contribution is 9.07. The van der Waals surface area contributed by atoms with Gasteiger partial charge in [0, 0.05) is 14.6 Å². The average molecular weight is 228 g/mol. The van der Waals surface area contributed by atoms with E-state index in [0.29, 0.717) is 0 Å². The molecular formula is C7H16O2S3. The van der Waals surface area contributed by atoms with Crippen LogP contribution in [-0.4, -0.2) is 18.4 Å². The van der Waals surface area contributed by atoms with Crippen LogP contribution < -0.4 is 0 Å². The van der Waals surface area contributed by atoms with Gasteiger partial charge in [-0.1, -0.05) is 31.6 Å². The summed E-state index contributed by atoms with van der Waals surface area (Å²) >= 11 is 0. The van der Waals surface area contributed by atoms with Crippen molar-refractivity contribution in [3.63, 3.8) is 0 Å². The molecule has 0 amide bonds. The molecule has 0 aromatic heterocycles. The second-order valence-electron chi connectivity index (χ2n) is 3.81. The molecule has 0 bridgehead atoms. The van der Waals surface area contributed by atoms with Crippen LogP contribution in [0.15, 0.2) is 0 Å². The van der Waals surface area contributed by atoms with Gasteiger partial charge in [0.05, 0.1) is 5.25 Å². The summed E-state index contributed by atoms with van der Waals surface area (Å²) in [6, 6.07) is 0. The fourth-order valence-corrected chi connectivity index (χ4v) is 6.16. The van der Waals surface area contributed by atoms with E-state index < -0.39 is 8.87 Å². The van der Waals surface area contributed by atoms with Crippen molar-refractivity contribution < 1.29 is 8.42 Å². The highest BCUT2D eigenvalue weighted by Crippen LogP contribution is 2.40. The highest BCUT2D eigenvalue weighted by Gasteiger charge is 2.21. The number of rotatable bonds is 3. The van der Waals surface area contributed by atoms with Gasteiger partial charge in [-0.15, -0.1) is 0 Å². The largest absolute Gasteiger partial charge is 0.216 e. The van der Waals surface area contributed by atoms with Gasteiger partial charge in [0.2, 0.25) is 8.87 Å². The zero-order valence-corrected chi connectivity index (χ0v) is 10.6. The van der Waals surface area contributed by atoms with Gasteiger partial charge in [-0.2, -0.15) is 0 Å². The Labute approximate surface area is 82.6 Å². The van der Waals surface area contributed by atoms with E-state index in [1.54, 1.807) is 13.8 Å². The molecule has 0 radical (unpaired) electrons. The van der Waals surface area contributed by atoms with Gasteiger partial charge in [-0.05, 0) is 13.8 Å². The summed E-state index contributed by atoms with van der Waals surface area (Å²) in [5.41, 5.74) is 0. The van der Waals surface area contributed by atoms with E-state index in [9.17, 15) is 8.42 Å². The Balaban J connectivity index is 4.12. The molecule has 0 saturated heterocycles. The summed E-state index contributed by atoms with van der Waals surface area (Å²) in [7, 11) is -0.572. The van der Waals surface area contributed by atoms with E-state index in [2.05, 4.69) is 0 Å². The van der Waals surface area contributed by atoms with Crippen molar-refractivity contribution in [3.05, 3.63) is 0 Å². The Hall–Kier alpha value is 0.650. The standard InChI is InChI=1S/C7H16O2S3/c1-6(2)12(8,9)11-10-7(3,4)5/h6H,1-5H3. The first kappa shape index (κ1) is 12.7. The Morgan fingerprint density at radius 2 is 1.58 bits per heavy atom. The van der Waals surface area contributed by atoms with E-state index in [-0.39, 0.29) is 10.00 Å². The molecule has 5 heteroatoms. The van der Waals surface area contributed by atoms with Crippen molar-refractivity contribution in [3.8, 4) is 0 Å². The van der Waals surface area contributed by atoms with Crippen LogP contribution in [0.2, 0.25) is 0 Å². The minimum absolute atomic E-state index is 0.00731. The van der Waals surface area contributed by atoms with Crippen molar-refractivity contribution in [2.75, 3.05) is 0 Å². The topological polar surface area (TPSA) is 34.1 Å². The third-order valence-corrected chi connectivity index (χ3v) is 8.62. The monoisotopic (exact) mass is 228 g/mol. The molecule has 2 nitrogen and oxygen atoms in total. The Bertz CT molecular complexity index is 224. The zero-order chi connectivity index (χ0) is 9.99. The van der Waals surface area contributed by atoms with Crippen molar-refractivity contribution in [1.82, 2.24) is 0 Å². The van der Waals surface area contributed by atoms with Gasteiger partial charge in [-0.3, -0.25) is 0 Å². The van der Waals surface area contributed by atoms with Gasteiger partial charge in [0.15, 0.2) is 0 Å². The summed E-state index contributed by atoms with van der Waals surface area (Å²) in [5, 5.41) is -0.294. The SMILES string of the molecule is CC(C)S(=O)(=O)SSC(C)(C)C. The molecule has 0 rings (SSSR count). The fourth-order valence-electron chi connectivity index (χ4n) is 0.228. The number of hydrogen-bond donors (Lipinski definition) is 0. The minimum atomic E-state index is -2.95. The van der Waals surface area contributed by atoms with Gasteiger partial charge in [-0.25, -0.2) is 8.42 Å². The summed E-state index contributed by atoms with van der Waals surface area (Å²) in [5.74, 6) is 0. The van der Waals surface area contributed by atoms with Gasteiger partial charge in [0.25, 0.3) is 0 Å². The molecule has 0 aliphatic heterocycles. The molecule has 0 heterocycles. The quantitative estimate of drug-likeness (QED) is 0.696. The second kappa shape index (κ2) is 4.24. The van der Waals surface area contributed by atoms with Crippen molar-refractivity contribution in [2.24, 2.45) is 0 Å². The van der Waals surface area contributed by atoms with E-state index in [4.69, 9.17) is 0 Å². The second-order valence-corrected chi connectivity index (χ2v) is 10.8. The normalized spacial score (nSPS) is 13.8. The smallest absolute Gasteiger partial charge is 0.213 e. The molecule has 12 heavy (non-hydrogen) atoms. The molecular weight excluding hydrogens is 212 g/mol. The lowest BCUT2D eigenvalue weighted by atomic mass is 10.3. The maximum atomic E-state index is 11.3. The lowest BCUT2D eigenvalue weighted by Gasteiger charge is -2.16. The molecule has 0 saturated carbocycles. The van der Waals surface area contributed by atoms with Crippen LogP contribution in [0.25, 0.3) is 0 Å². The fraction of sp³-hybridized carbons (Fsp3) is 1.00. The molecule has 0 aliphatic rings. The molecule has 0 aromatic carbocycles. The predicted octanol–water partition coefficient (Wildman–Crippen LogP) is 2.90. The van der Waals surface area contributed by atoms with Crippen LogP contribution in [0, 0.1) is 0 Å². The van der Waals surface area contributed by atoms with Crippen molar-refractivity contribution in [1.29, 1.82) is 0 Å². The van der Waals surface area contributed by atoms with Gasteiger partial charge < -0.3 is 0 Å². The van der Waals surface area contributed by atoms with E-state index >= 15 is 0 Å². The lowest BCUT2D eigenvalue weighted by molar-refractivity contribution is 0.603. The molecule has 0 aliphatic carbocycles. The third kappa shape index (κ3) is 5.32. The van der Waals surface area contributed by atoms with Crippen LogP contribution in [0.5, 0.6) is 0 Å². The van der Waals surface area contributed by atoms with Gasteiger partial charge >= 0.3 is 0 Å². The lowest BCUT2D eigenvalue weighted by Crippen LogP contribution is -2.11. The molecule has 0 fully saturated rings. The number of hydrogen-bond acceptors (Lipinski definition) is 4. The Morgan fingerprint density at radius 1 is 1.17 bits per heavy atom. The maximum Gasteiger partial charge on any atom is 0.213 e. The van der Waals surface area contributed by atoms with Gasteiger partial charge in [0.1, 0.15) is 0 Å². The molecule has 0 unspecified atom stereocenters. The predicted molar refractivity (Wildman–Crippen MR) is 59.0 cm³/mol. The first-order valence-corrected chi connectivity index (χ1v) is 7.97. The summed E-state index contributed by atoms with van der Waals surface area (Å²) in [6.07, 6.45) is 0. The first-order chi connectivity index (χ1) is 5.15. The van der Waals surface area contributed by atoms with Crippen LogP contribution in [-0.2, 0) is 8.87 Å². The molecule has 0 N–H and O–H groups in total. The van der Waals surface area contributed by atoms with E-state index in [1.165, 1.54) is 10.8 Å². The van der Waals surface area contributed by atoms with E-state index in [0.717, 1.165) is 9.83 Å². The summed E-state index contributed by atoms with van der Waals surface area (Å²) in [6.45, 7) is 9.40. The zero-order valence-electron chi connectivity index (χ0n) is 8.12. The molecule has 0 atom stereocenters. The third-order valence-electron chi connectivity index (χ3n) is 0.956. The molecule has 74 valence electrons. The summed E-state index contributed by atoms with van der Waals surface area (Å²) in [4.78, 5) is 0. The van der Waals surface area contributed by atoms with Crippen LogP contribution in [0.1, 0.15) is 34.6 Å². The average Bonchev–Trinajstić information content (AvgIpc) is 1.82. The van der Waals surface area contributed by atoms with E-state index in [1.807, 2.05) is 20.8 Å². The molecule has 0 aromatic rings. The highest BCUT2D eigenvalue weighted by atomic mass is 33.5. The Morgan fingerprint density at radius 3 is 1.83 bits per heavy atom. The summed E-state index contributed by atoms with van der Waals surface area (Å²) < 4.78 is 22.6.